The van der Waals surface area contributed by atoms with Gasteiger partial charge in [0, 0.05) is 37.0 Å². The van der Waals surface area contributed by atoms with Gasteiger partial charge in [-0.1, -0.05) is 83.9 Å². The minimum Gasteiger partial charge on any atom is -0.369 e. The molecule has 3 aromatic rings. The smallest absolute Gasteiger partial charge is 0.223 e. The van der Waals surface area contributed by atoms with Gasteiger partial charge in [-0.2, -0.15) is 0 Å². The lowest BCUT2D eigenvalue weighted by Gasteiger charge is -2.41. The number of aryl methyl sites for hydroxylation is 1. The predicted octanol–water partition coefficient (Wildman–Crippen LogP) is 4.32. The Hall–Kier alpha value is -3.15. The molecule has 1 saturated heterocycles. The third-order valence-electron chi connectivity index (χ3n) is 6.80. The van der Waals surface area contributed by atoms with E-state index in [1.807, 2.05) is 78.6 Å². The van der Waals surface area contributed by atoms with Crippen LogP contribution in [0.15, 0.2) is 78.9 Å². The van der Waals surface area contributed by atoms with Gasteiger partial charge in [-0.15, -0.1) is 0 Å². The molecule has 5 nitrogen and oxygen atoms in total. The van der Waals surface area contributed by atoms with Crippen molar-refractivity contribution in [2.45, 2.75) is 31.7 Å². The molecule has 1 aliphatic heterocycles. The van der Waals surface area contributed by atoms with Gasteiger partial charge in [0.1, 0.15) is 0 Å². The number of piperazine rings is 1. The van der Waals surface area contributed by atoms with Crippen LogP contribution in [0.3, 0.4) is 0 Å². The molecule has 3 atom stereocenters. The van der Waals surface area contributed by atoms with Crippen molar-refractivity contribution in [1.82, 2.24) is 10.2 Å². The molecule has 3 N–H and O–H groups in total. The highest BCUT2D eigenvalue weighted by molar-refractivity contribution is 6.30. The first kappa shape index (κ1) is 25.0. The van der Waals surface area contributed by atoms with Crippen LogP contribution in [-0.4, -0.2) is 42.4 Å². The predicted molar refractivity (Wildman–Crippen MR) is 140 cm³/mol. The summed E-state index contributed by atoms with van der Waals surface area (Å²) in [5.74, 6) is -1.06. The highest BCUT2D eigenvalue weighted by Gasteiger charge is 2.36. The molecule has 0 aromatic heterocycles. The second-order valence-electron chi connectivity index (χ2n) is 9.29. The minimum absolute atomic E-state index is 0.0330. The molecule has 1 heterocycles. The van der Waals surface area contributed by atoms with Gasteiger partial charge in [0.25, 0.3) is 0 Å². The fraction of sp³-hybridized carbons (Fsp3) is 0.310. The second-order valence-corrected chi connectivity index (χ2v) is 9.73. The highest BCUT2D eigenvalue weighted by atomic mass is 35.5. The van der Waals surface area contributed by atoms with Gasteiger partial charge in [0.05, 0.1) is 12.0 Å². The maximum atomic E-state index is 13.7. The zero-order valence-electron chi connectivity index (χ0n) is 20.0. The van der Waals surface area contributed by atoms with E-state index in [-0.39, 0.29) is 24.3 Å². The number of hydrogen-bond donors (Lipinski definition) is 2. The van der Waals surface area contributed by atoms with Crippen LogP contribution >= 0.6 is 11.6 Å². The maximum absolute atomic E-state index is 13.7. The number of primary amides is 1. The van der Waals surface area contributed by atoms with E-state index in [9.17, 15) is 9.59 Å². The van der Waals surface area contributed by atoms with Crippen molar-refractivity contribution >= 4 is 23.4 Å². The summed E-state index contributed by atoms with van der Waals surface area (Å²) in [6.45, 7) is 3.97. The first-order chi connectivity index (χ1) is 16.9. The molecule has 0 saturated carbocycles. The van der Waals surface area contributed by atoms with Gasteiger partial charge in [-0.3, -0.25) is 9.59 Å². The molecule has 3 aromatic carbocycles. The number of benzene rings is 3. The first-order valence-electron chi connectivity index (χ1n) is 12.1. The van der Waals surface area contributed by atoms with Crippen LogP contribution < -0.4 is 11.1 Å². The number of rotatable bonds is 8. The molecule has 182 valence electrons. The fourth-order valence-electron chi connectivity index (χ4n) is 4.91. The lowest BCUT2D eigenvalue weighted by molar-refractivity contribution is -0.138. The van der Waals surface area contributed by atoms with Crippen molar-refractivity contribution < 1.29 is 9.59 Å². The number of nitrogens with zero attached hydrogens (tertiary/aromatic N) is 1. The van der Waals surface area contributed by atoms with E-state index in [2.05, 4.69) is 17.4 Å². The minimum atomic E-state index is -0.550. The van der Waals surface area contributed by atoms with E-state index in [0.29, 0.717) is 31.1 Å². The van der Waals surface area contributed by atoms with E-state index in [4.69, 9.17) is 17.3 Å². The SMILES string of the molecule is Cc1ccc(CC(CC(=O)N2CCNCC2C(c2ccccc2)c2ccc(Cl)cc2)C(N)=O)cc1. The quantitative estimate of drug-likeness (QED) is 0.495. The second kappa shape index (κ2) is 11.5. The monoisotopic (exact) mass is 489 g/mol. The molecule has 1 aliphatic rings. The Balaban J connectivity index is 1.60. The van der Waals surface area contributed by atoms with Crippen LogP contribution in [0.25, 0.3) is 0 Å². The Morgan fingerprint density at radius 2 is 1.66 bits per heavy atom. The molecule has 35 heavy (non-hydrogen) atoms. The van der Waals surface area contributed by atoms with E-state index in [1.54, 1.807) is 0 Å². The van der Waals surface area contributed by atoms with Crippen LogP contribution in [0.4, 0.5) is 0 Å². The summed E-state index contributed by atoms with van der Waals surface area (Å²) in [5, 5.41) is 4.14. The van der Waals surface area contributed by atoms with Gasteiger partial charge in [-0.05, 0) is 42.2 Å². The average Bonchev–Trinajstić information content (AvgIpc) is 2.87. The molecule has 0 aliphatic carbocycles. The third-order valence-corrected chi connectivity index (χ3v) is 7.05. The summed E-state index contributed by atoms with van der Waals surface area (Å²) in [6.07, 6.45) is 0.555. The van der Waals surface area contributed by atoms with Crippen molar-refractivity contribution in [3.63, 3.8) is 0 Å². The highest BCUT2D eigenvalue weighted by Crippen LogP contribution is 2.33. The lowest BCUT2D eigenvalue weighted by atomic mass is 9.83. The molecule has 2 amide bonds. The topological polar surface area (TPSA) is 75.4 Å². The Labute approximate surface area is 212 Å². The van der Waals surface area contributed by atoms with E-state index >= 15 is 0 Å². The molecule has 4 rings (SSSR count). The van der Waals surface area contributed by atoms with E-state index < -0.39 is 11.8 Å². The number of carbonyl (C=O) groups excluding carboxylic acids is 2. The van der Waals surface area contributed by atoms with Crippen molar-refractivity contribution in [1.29, 1.82) is 0 Å². The normalized spacial score (nSPS) is 17.5. The fourth-order valence-corrected chi connectivity index (χ4v) is 5.04. The summed E-state index contributed by atoms with van der Waals surface area (Å²) in [6, 6.07) is 26.0. The van der Waals surface area contributed by atoms with Crippen molar-refractivity contribution in [3.8, 4) is 0 Å². The van der Waals surface area contributed by atoms with Gasteiger partial charge in [-0.25, -0.2) is 0 Å². The number of nitrogens with two attached hydrogens (primary N) is 1. The van der Waals surface area contributed by atoms with Crippen LogP contribution in [0.5, 0.6) is 0 Å². The maximum Gasteiger partial charge on any atom is 0.223 e. The Morgan fingerprint density at radius 3 is 2.31 bits per heavy atom. The van der Waals surface area contributed by atoms with Crippen molar-refractivity contribution in [2.24, 2.45) is 11.7 Å². The number of carbonyl (C=O) groups is 2. The lowest BCUT2D eigenvalue weighted by Crippen LogP contribution is -2.56. The van der Waals surface area contributed by atoms with Crippen LogP contribution in [-0.2, 0) is 16.0 Å². The van der Waals surface area contributed by atoms with Gasteiger partial charge >= 0.3 is 0 Å². The van der Waals surface area contributed by atoms with Crippen molar-refractivity contribution in [2.75, 3.05) is 19.6 Å². The third kappa shape index (κ3) is 6.30. The van der Waals surface area contributed by atoms with Crippen LogP contribution in [0.2, 0.25) is 5.02 Å². The summed E-state index contributed by atoms with van der Waals surface area (Å²) in [5.41, 5.74) is 10.1. The molecular formula is C29H32ClN3O2. The van der Waals surface area contributed by atoms with Gasteiger partial charge < -0.3 is 16.0 Å². The van der Waals surface area contributed by atoms with Gasteiger partial charge in [0.2, 0.25) is 11.8 Å². The number of amides is 2. The van der Waals surface area contributed by atoms with Crippen LogP contribution in [0, 0.1) is 12.8 Å². The molecule has 3 unspecified atom stereocenters. The molecule has 1 fully saturated rings. The van der Waals surface area contributed by atoms with E-state index in [0.717, 1.165) is 22.3 Å². The number of nitrogens with one attached hydrogen (secondary N) is 1. The summed E-state index contributed by atoms with van der Waals surface area (Å²) in [7, 11) is 0. The average molecular weight is 490 g/mol. The summed E-state index contributed by atoms with van der Waals surface area (Å²) < 4.78 is 0. The zero-order chi connectivity index (χ0) is 24.8. The molecule has 0 bridgehead atoms. The first-order valence-corrected chi connectivity index (χ1v) is 12.5. The standard InChI is InChI=1S/C29H32ClN3O2/c1-20-7-9-21(10-8-20)17-24(29(31)35)18-27(34)33-16-15-32-19-26(33)28(22-5-3-2-4-6-22)23-11-13-25(30)14-12-23/h2-14,24,26,28,32H,15-19H2,1H3,(H2,31,35). The Kier molecular flexibility index (Phi) is 8.21. The van der Waals surface area contributed by atoms with E-state index in [1.165, 1.54) is 0 Å². The zero-order valence-corrected chi connectivity index (χ0v) is 20.7. The molecular weight excluding hydrogens is 458 g/mol. The molecule has 6 heteroatoms. The Bertz CT molecular complexity index is 1130. The summed E-state index contributed by atoms with van der Waals surface area (Å²) in [4.78, 5) is 27.9. The molecule has 0 spiro atoms. The summed E-state index contributed by atoms with van der Waals surface area (Å²) >= 11 is 6.17. The largest absolute Gasteiger partial charge is 0.369 e. The van der Waals surface area contributed by atoms with Crippen molar-refractivity contribution in [3.05, 3.63) is 106 Å². The molecule has 0 radical (unpaired) electrons. The number of hydrogen-bond acceptors (Lipinski definition) is 3. The Morgan fingerprint density at radius 1 is 1.00 bits per heavy atom. The van der Waals surface area contributed by atoms with Crippen LogP contribution in [0.1, 0.15) is 34.6 Å². The van der Waals surface area contributed by atoms with Gasteiger partial charge in [0.15, 0.2) is 0 Å². The number of halogens is 1.